The van der Waals surface area contributed by atoms with Gasteiger partial charge in [0, 0.05) is 31.1 Å². The van der Waals surface area contributed by atoms with Crippen LogP contribution in [0.4, 0.5) is 13.2 Å². The molecule has 2 heterocycles. The third-order valence-corrected chi connectivity index (χ3v) is 7.19. The molecule has 1 aromatic rings. The van der Waals surface area contributed by atoms with Gasteiger partial charge in [0.25, 0.3) is 10.0 Å². The van der Waals surface area contributed by atoms with Crippen molar-refractivity contribution in [3.05, 3.63) is 23.9 Å². The molecule has 9 nitrogen and oxygen atoms in total. The van der Waals surface area contributed by atoms with Crippen LogP contribution in [0, 0.1) is 5.92 Å². The highest BCUT2D eigenvalue weighted by atomic mass is 32.2. The fourth-order valence-corrected chi connectivity index (χ4v) is 4.93. The number of primary amides is 1. The summed E-state index contributed by atoms with van der Waals surface area (Å²) < 4.78 is 65.6. The van der Waals surface area contributed by atoms with Gasteiger partial charge in [-0.05, 0) is 38.3 Å². The number of aliphatic hydroxyl groups excluding tert-OH is 1. The van der Waals surface area contributed by atoms with E-state index < -0.39 is 56.7 Å². The minimum atomic E-state index is -4.71. The Morgan fingerprint density at radius 3 is 2.53 bits per heavy atom. The maximum Gasteiger partial charge on any atom is 0.417 e. The van der Waals surface area contributed by atoms with Gasteiger partial charge in [-0.2, -0.15) is 21.6 Å². The van der Waals surface area contributed by atoms with E-state index in [4.69, 9.17) is 5.73 Å². The van der Waals surface area contributed by atoms with Gasteiger partial charge >= 0.3 is 6.18 Å². The average molecular weight is 481 g/mol. The minimum absolute atomic E-state index is 0.0171. The van der Waals surface area contributed by atoms with Gasteiger partial charge in [-0.3, -0.25) is 9.59 Å². The molecule has 1 aromatic heterocycles. The molecule has 0 saturated carbocycles. The first kappa shape index (κ1) is 26.0. The van der Waals surface area contributed by atoms with Gasteiger partial charge in [-0.25, -0.2) is 9.29 Å². The molecule has 1 aliphatic heterocycles. The van der Waals surface area contributed by atoms with Crippen molar-refractivity contribution in [1.82, 2.24) is 14.6 Å². The minimum Gasteiger partial charge on any atom is -0.390 e. The zero-order valence-electron chi connectivity index (χ0n) is 17.7. The summed E-state index contributed by atoms with van der Waals surface area (Å²) in [7, 11) is -4.70. The Labute approximate surface area is 184 Å². The van der Waals surface area contributed by atoms with E-state index >= 15 is 0 Å². The number of halogens is 3. The van der Waals surface area contributed by atoms with E-state index in [2.05, 4.69) is 10.3 Å². The number of aromatic nitrogens is 1. The van der Waals surface area contributed by atoms with E-state index in [1.807, 2.05) is 6.92 Å². The topological polar surface area (TPSA) is 143 Å². The van der Waals surface area contributed by atoms with Crippen LogP contribution < -0.4 is 11.1 Å². The van der Waals surface area contributed by atoms with Gasteiger partial charge in [0.1, 0.15) is 0 Å². The van der Waals surface area contributed by atoms with Crippen LogP contribution in [0.3, 0.4) is 0 Å². The van der Waals surface area contributed by atoms with Crippen LogP contribution in [-0.2, 0) is 25.8 Å². The lowest BCUT2D eigenvalue weighted by atomic mass is 10.0. The first-order valence-corrected chi connectivity index (χ1v) is 11.5. The molecule has 32 heavy (non-hydrogen) atoms. The lowest BCUT2D eigenvalue weighted by molar-refractivity contribution is -0.138. The first-order valence-electron chi connectivity index (χ1n) is 10.1. The molecular weight excluding hydrogens is 453 g/mol. The third kappa shape index (κ3) is 6.17. The molecular formula is C19H27F3N4O5S. The summed E-state index contributed by atoms with van der Waals surface area (Å²) in [5.74, 6) is -2.27. The molecule has 4 N–H and O–H groups in total. The Balaban J connectivity index is 2.43. The van der Waals surface area contributed by atoms with Gasteiger partial charge in [-0.1, -0.05) is 6.92 Å². The summed E-state index contributed by atoms with van der Waals surface area (Å²) in [6.07, 6.45) is -5.41. The molecule has 2 rings (SSSR count). The summed E-state index contributed by atoms with van der Waals surface area (Å²) in [6.45, 7) is 3.34. The molecule has 1 aliphatic rings. The second-order valence-electron chi connectivity index (χ2n) is 7.94. The number of carbonyl (C=O) groups excluding carboxylic acids is 2. The maximum absolute atomic E-state index is 13.3. The number of amides is 2. The standard InChI is InChI=1S/C19H27F3N4O5S/c1-11(18(23)29)3-8-17(28)26(14-6-4-12(2)24-10-15(14)27)32(30,31)16-7-5-13(9-25-16)19(20,21)22/h5,7,9,11-12,14-15,24,27H,3-4,6,8,10H2,1-2H3,(H2,23,29)/t11-,12+,14-,15-/m0/s1. The SMILES string of the molecule is C[C@@H]1CC[C@H](N(C(=O)CC[C@H](C)C(N)=O)S(=O)(=O)c2ccc(C(F)(F)F)cn2)[C@@H](O)CN1. The van der Waals surface area contributed by atoms with Gasteiger partial charge in [0.05, 0.1) is 17.7 Å². The Morgan fingerprint density at radius 1 is 1.34 bits per heavy atom. The number of carbonyl (C=O) groups is 2. The highest BCUT2D eigenvalue weighted by Crippen LogP contribution is 2.30. The Morgan fingerprint density at radius 2 is 2.00 bits per heavy atom. The van der Waals surface area contributed by atoms with Crippen LogP contribution in [0.2, 0.25) is 0 Å². The van der Waals surface area contributed by atoms with Crippen molar-refractivity contribution < 1.29 is 36.3 Å². The molecule has 0 aromatic carbocycles. The number of hydrogen-bond acceptors (Lipinski definition) is 7. The number of rotatable bonds is 7. The number of β-amino-alcohol motifs (C(OH)–C–C–N with tert-alkyl or cyclic N) is 1. The summed E-state index contributed by atoms with van der Waals surface area (Å²) in [5.41, 5.74) is 4.05. The summed E-state index contributed by atoms with van der Waals surface area (Å²) in [4.78, 5) is 27.7. The van der Waals surface area contributed by atoms with Gasteiger partial charge in [-0.15, -0.1) is 0 Å². The van der Waals surface area contributed by atoms with Crippen molar-refractivity contribution in [3.63, 3.8) is 0 Å². The highest BCUT2D eigenvalue weighted by Gasteiger charge is 2.41. The van der Waals surface area contributed by atoms with Crippen LogP contribution >= 0.6 is 0 Å². The molecule has 0 radical (unpaired) electrons. The Kier molecular flexibility index (Phi) is 8.23. The molecule has 2 amide bonds. The second-order valence-corrected chi connectivity index (χ2v) is 9.70. The summed E-state index contributed by atoms with van der Waals surface area (Å²) >= 11 is 0. The van der Waals surface area contributed by atoms with Crippen molar-refractivity contribution in [2.45, 2.75) is 68.9 Å². The molecule has 1 saturated heterocycles. The predicted octanol–water partition coefficient (Wildman–Crippen LogP) is 1.02. The van der Waals surface area contributed by atoms with E-state index in [0.717, 1.165) is 0 Å². The van der Waals surface area contributed by atoms with E-state index in [1.165, 1.54) is 6.92 Å². The Bertz CT molecular complexity index is 924. The smallest absolute Gasteiger partial charge is 0.390 e. The molecule has 0 spiro atoms. The molecule has 0 bridgehead atoms. The van der Waals surface area contributed by atoms with Gasteiger partial charge < -0.3 is 16.2 Å². The number of nitrogens with one attached hydrogen (secondary N) is 1. The summed E-state index contributed by atoms with van der Waals surface area (Å²) in [6, 6.07) is 0.0329. The van der Waals surface area contributed by atoms with Gasteiger partial charge in [0.15, 0.2) is 5.03 Å². The normalized spacial score (nSPS) is 23.2. The molecule has 13 heteroatoms. The van der Waals surface area contributed by atoms with Crippen molar-refractivity contribution in [3.8, 4) is 0 Å². The quantitative estimate of drug-likeness (QED) is 0.529. The van der Waals surface area contributed by atoms with E-state index in [9.17, 15) is 36.3 Å². The number of pyridine rings is 1. The lowest BCUT2D eigenvalue weighted by Crippen LogP contribution is -2.51. The number of alkyl halides is 3. The van der Waals surface area contributed by atoms with Crippen LogP contribution in [0.1, 0.15) is 45.1 Å². The Hall–Kier alpha value is -2.25. The lowest BCUT2D eigenvalue weighted by Gasteiger charge is -2.33. The van der Waals surface area contributed by atoms with Crippen molar-refractivity contribution in [2.75, 3.05) is 6.54 Å². The number of hydrogen-bond donors (Lipinski definition) is 3. The van der Waals surface area contributed by atoms with Crippen molar-refractivity contribution >= 4 is 21.8 Å². The van der Waals surface area contributed by atoms with E-state index in [1.54, 1.807) is 0 Å². The van der Waals surface area contributed by atoms with Crippen LogP contribution in [0.25, 0.3) is 0 Å². The van der Waals surface area contributed by atoms with Crippen LogP contribution in [0.5, 0.6) is 0 Å². The number of aliphatic hydroxyl groups is 1. The van der Waals surface area contributed by atoms with Crippen molar-refractivity contribution in [1.29, 1.82) is 0 Å². The molecule has 180 valence electrons. The zero-order valence-corrected chi connectivity index (χ0v) is 18.5. The first-order chi connectivity index (χ1) is 14.7. The van der Waals surface area contributed by atoms with Crippen LogP contribution in [0.15, 0.2) is 23.4 Å². The molecule has 4 atom stereocenters. The van der Waals surface area contributed by atoms with Gasteiger partial charge in [0.2, 0.25) is 11.8 Å². The van der Waals surface area contributed by atoms with E-state index in [-0.39, 0.29) is 31.8 Å². The van der Waals surface area contributed by atoms with Crippen LogP contribution in [-0.4, -0.2) is 59.4 Å². The molecule has 0 unspecified atom stereocenters. The average Bonchev–Trinajstić information content (AvgIpc) is 2.87. The fraction of sp³-hybridized carbons (Fsp3) is 0.632. The zero-order chi connectivity index (χ0) is 24.3. The summed E-state index contributed by atoms with van der Waals surface area (Å²) in [5, 5.41) is 12.8. The predicted molar refractivity (Wildman–Crippen MR) is 107 cm³/mol. The third-order valence-electron chi connectivity index (χ3n) is 5.43. The largest absolute Gasteiger partial charge is 0.417 e. The molecule has 1 fully saturated rings. The number of nitrogens with zero attached hydrogens (tertiary/aromatic N) is 2. The second kappa shape index (κ2) is 10.1. The maximum atomic E-state index is 13.3. The number of sulfonamides is 1. The monoisotopic (exact) mass is 480 g/mol. The fourth-order valence-electron chi connectivity index (χ4n) is 3.34. The molecule has 0 aliphatic carbocycles. The highest BCUT2D eigenvalue weighted by molar-refractivity contribution is 7.89. The van der Waals surface area contributed by atoms with E-state index in [0.29, 0.717) is 29.1 Å². The van der Waals surface area contributed by atoms with Crippen molar-refractivity contribution in [2.24, 2.45) is 11.7 Å². The number of nitrogens with two attached hydrogens (primary N) is 1.